The van der Waals surface area contributed by atoms with Gasteiger partial charge < -0.3 is 10.0 Å². The molecule has 2 heterocycles. The van der Waals surface area contributed by atoms with Gasteiger partial charge in [-0.1, -0.05) is 0 Å². The lowest BCUT2D eigenvalue weighted by molar-refractivity contribution is 0.153. The van der Waals surface area contributed by atoms with Gasteiger partial charge in [0.15, 0.2) is 11.6 Å². The van der Waals surface area contributed by atoms with Crippen molar-refractivity contribution < 1.29 is 9.50 Å². The third kappa shape index (κ3) is 2.07. The summed E-state index contributed by atoms with van der Waals surface area (Å²) in [6, 6.07) is 0. The molecule has 0 radical (unpaired) electrons. The van der Waals surface area contributed by atoms with Crippen LogP contribution in [-0.4, -0.2) is 34.3 Å². The molecule has 1 aromatic heterocycles. The second-order valence-electron chi connectivity index (χ2n) is 3.84. The van der Waals surface area contributed by atoms with E-state index in [0.717, 1.165) is 19.4 Å². The van der Waals surface area contributed by atoms with Gasteiger partial charge in [0, 0.05) is 13.1 Å². The van der Waals surface area contributed by atoms with Crippen LogP contribution in [0.5, 0.6) is 0 Å². The topological polar surface area (TPSA) is 49.2 Å². The Balaban J connectivity index is 2.24. The van der Waals surface area contributed by atoms with Crippen molar-refractivity contribution in [1.29, 1.82) is 0 Å². The van der Waals surface area contributed by atoms with Gasteiger partial charge in [-0.3, -0.25) is 0 Å². The van der Waals surface area contributed by atoms with Crippen LogP contribution in [0.1, 0.15) is 18.5 Å². The molecule has 4 nitrogen and oxygen atoms in total. The summed E-state index contributed by atoms with van der Waals surface area (Å²) in [5, 5.41) is 9.49. The van der Waals surface area contributed by atoms with Crippen LogP contribution in [0.2, 0.25) is 0 Å². The largest absolute Gasteiger partial charge is 0.391 e. The normalized spacial score (nSPS) is 21.8. The first-order valence-corrected chi connectivity index (χ1v) is 5.08. The van der Waals surface area contributed by atoms with Gasteiger partial charge in [0.2, 0.25) is 0 Å². The van der Waals surface area contributed by atoms with Gasteiger partial charge in [0.1, 0.15) is 6.33 Å². The molecule has 1 N–H and O–H groups in total. The number of aliphatic hydroxyl groups is 1. The van der Waals surface area contributed by atoms with E-state index in [0.29, 0.717) is 18.1 Å². The Labute approximate surface area is 87.8 Å². The van der Waals surface area contributed by atoms with Crippen LogP contribution in [-0.2, 0) is 0 Å². The van der Waals surface area contributed by atoms with E-state index in [9.17, 15) is 9.50 Å². The zero-order chi connectivity index (χ0) is 10.8. The van der Waals surface area contributed by atoms with Crippen LogP contribution in [0.25, 0.3) is 0 Å². The fraction of sp³-hybridized carbons (Fsp3) is 0.600. The van der Waals surface area contributed by atoms with Gasteiger partial charge in [-0.2, -0.15) is 0 Å². The first-order valence-electron chi connectivity index (χ1n) is 5.08. The maximum Gasteiger partial charge on any atom is 0.186 e. The molecule has 0 unspecified atom stereocenters. The van der Waals surface area contributed by atoms with E-state index in [1.807, 2.05) is 0 Å². The van der Waals surface area contributed by atoms with Crippen molar-refractivity contribution in [1.82, 2.24) is 9.97 Å². The molecule has 0 aromatic carbocycles. The van der Waals surface area contributed by atoms with Crippen molar-refractivity contribution in [2.45, 2.75) is 25.9 Å². The molecular weight excluding hydrogens is 197 g/mol. The molecule has 1 aliphatic heterocycles. The van der Waals surface area contributed by atoms with E-state index in [1.54, 1.807) is 11.8 Å². The van der Waals surface area contributed by atoms with Gasteiger partial charge in [-0.25, -0.2) is 14.4 Å². The number of hydrogen-bond acceptors (Lipinski definition) is 4. The van der Waals surface area contributed by atoms with Crippen LogP contribution >= 0.6 is 0 Å². The second kappa shape index (κ2) is 4.10. The number of rotatable bonds is 1. The van der Waals surface area contributed by atoms with Crippen molar-refractivity contribution in [3.8, 4) is 0 Å². The lowest BCUT2D eigenvalue weighted by Gasteiger charge is -2.31. The summed E-state index contributed by atoms with van der Waals surface area (Å²) in [6.07, 6.45) is 2.62. The monoisotopic (exact) mass is 211 g/mol. The Morgan fingerprint density at radius 2 is 2.33 bits per heavy atom. The smallest absolute Gasteiger partial charge is 0.186 e. The highest BCUT2D eigenvalue weighted by Gasteiger charge is 2.22. The summed E-state index contributed by atoms with van der Waals surface area (Å²) in [6.45, 7) is 2.80. The van der Waals surface area contributed by atoms with Crippen molar-refractivity contribution in [2.75, 3.05) is 18.0 Å². The molecule has 1 aliphatic rings. The minimum Gasteiger partial charge on any atom is -0.391 e. The highest BCUT2D eigenvalue weighted by Crippen LogP contribution is 2.21. The number of aryl methyl sites for hydroxylation is 1. The predicted molar refractivity (Wildman–Crippen MR) is 54.2 cm³/mol. The number of hydrogen-bond donors (Lipinski definition) is 1. The zero-order valence-corrected chi connectivity index (χ0v) is 8.65. The fourth-order valence-corrected chi connectivity index (χ4v) is 1.81. The lowest BCUT2D eigenvalue weighted by Crippen LogP contribution is -2.39. The minimum atomic E-state index is -0.383. The molecule has 0 bridgehead atoms. The average molecular weight is 211 g/mol. The molecule has 1 aromatic rings. The summed E-state index contributed by atoms with van der Waals surface area (Å²) in [4.78, 5) is 9.48. The molecule has 82 valence electrons. The van der Waals surface area contributed by atoms with Gasteiger partial charge in [0.05, 0.1) is 11.8 Å². The molecule has 0 saturated carbocycles. The summed E-state index contributed by atoms with van der Waals surface area (Å²) in [7, 11) is 0. The van der Waals surface area contributed by atoms with E-state index in [-0.39, 0.29) is 11.9 Å². The van der Waals surface area contributed by atoms with Gasteiger partial charge in [-0.15, -0.1) is 0 Å². The van der Waals surface area contributed by atoms with Crippen molar-refractivity contribution in [3.63, 3.8) is 0 Å². The number of aliphatic hydroxyl groups excluding tert-OH is 1. The van der Waals surface area contributed by atoms with E-state index in [1.165, 1.54) is 6.33 Å². The maximum absolute atomic E-state index is 13.7. The summed E-state index contributed by atoms with van der Waals surface area (Å²) in [5.74, 6) is -0.0761. The number of halogens is 1. The molecule has 1 atom stereocenters. The van der Waals surface area contributed by atoms with Gasteiger partial charge in [0.25, 0.3) is 0 Å². The quantitative estimate of drug-likeness (QED) is 0.749. The molecule has 2 rings (SSSR count). The van der Waals surface area contributed by atoms with Crippen LogP contribution in [0, 0.1) is 12.7 Å². The molecular formula is C10H14FN3O. The Morgan fingerprint density at radius 3 is 3.07 bits per heavy atom. The van der Waals surface area contributed by atoms with Crippen molar-refractivity contribution in [2.24, 2.45) is 0 Å². The summed E-state index contributed by atoms with van der Waals surface area (Å²) in [5.41, 5.74) is 0.347. The van der Waals surface area contributed by atoms with Gasteiger partial charge >= 0.3 is 0 Å². The molecule has 15 heavy (non-hydrogen) atoms. The van der Waals surface area contributed by atoms with Crippen LogP contribution in [0.4, 0.5) is 10.2 Å². The fourth-order valence-electron chi connectivity index (χ4n) is 1.81. The second-order valence-corrected chi connectivity index (χ2v) is 3.84. The Kier molecular flexibility index (Phi) is 2.81. The number of anilines is 1. The van der Waals surface area contributed by atoms with Crippen LogP contribution in [0.15, 0.2) is 6.33 Å². The Bertz CT molecular complexity index is 359. The van der Waals surface area contributed by atoms with Crippen molar-refractivity contribution >= 4 is 5.82 Å². The van der Waals surface area contributed by atoms with E-state index >= 15 is 0 Å². The van der Waals surface area contributed by atoms with Crippen molar-refractivity contribution in [3.05, 3.63) is 17.8 Å². The van der Waals surface area contributed by atoms with Gasteiger partial charge in [-0.05, 0) is 19.8 Å². The molecule has 0 amide bonds. The van der Waals surface area contributed by atoms with Crippen LogP contribution < -0.4 is 4.90 Å². The molecule has 0 spiro atoms. The lowest BCUT2D eigenvalue weighted by atomic mass is 10.1. The van der Waals surface area contributed by atoms with E-state index < -0.39 is 0 Å². The summed E-state index contributed by atoms with van der Waals surface area (Å²) < 4.78 is 13.7. The predicted octanol–water partition coefficient (Wildman–Crippen LogP) is 0.885. The number of piperidine rings is 1. The van der Waals surface area contributed by atoms with E-state index in [2.05, 4.69) is 9.97 Å². The third-order valence-electron chi connectivity index (χ3n) is 2.64. The third-order valence-corrected chi connectivity index (χ3v) is 2.64. The number of aromatic nitrogens is 2. The molecule has 1 saturated heterocycles. The van der Waals surface area contributed by atoms with E-state index in [4.69, 9.17) is 0 Å². The maximum atomic E-state index is 13.7. The SMILES string of the molecule is Cc1ncnc(N2CCC[C@H](O)C2)c1F. The zero-order valence-electron chi connectivity index (χ0n) is 8.65. The first-order chi connectivity index (χ1) is 7.18. The Hall–Kier alpha value is -1.23. The Morgan fingerprint density at radius 1 is 1.53 bits per heavy atom. The average Bonchev–Trinajstić information content (AvgIpc) is 2.22. The minimum absolute atomic E-state index is 0.307. The first kappa shape index (κ1) is 10.3. The molecule has 0 aliphatic carbocycles. The standard InChI is InChI=1S/C10H14FN3O/c1-7-9(11)10(13-6-12-7)14-4-2-3-8(15)5-14/h6,8,15H,2-5H2,1H3/t8-/m0/s1. The molecule has 1 fully saturated rings. The number of β-amino-alcohol motifs (C(OH)–C–C–N with tert-alkyl or cyclic N) is 1. The number of nitrogens with zero attached hydrogens (tertiary/aromatic N) is 3. The van der Waals surface area contributed by atoms with Crippen LogP contribution in [0.3, 0.4) is 0 Å². The highest BCUT2D eigenvalue weighted by molar-refractivity contribution is 5.41. The molecule has 5 heteroatoms. The highest BCUT2D eigenvalue weighted by atomic mass is 19.1. The summed E-state index contributed by atoms with van der Waals surface area (Å²) >= 11 is 0.